The summed E-state index contributed by atoms with van der Waals surface area (Å²) in [6.07, 6.45) is 0. The number of amides is 2. The number of benzene rings is 2. The van der Waals surface area contributed by atoms with Crippen LogP contribution in [0.15, 0.2) is 42.5 Å². The monoisotopic (exact) mass is 388 g/mol. The first-order chi connectivity index (χ1) is 13.3. The van der Waals surface area contributed by atoms with Gasteiger partial charge in [-0.1, -0.05) is 13.8 Å². The normalized spacial score (nSPS) is 11.6. The largest absolute Gasteiger partial charge is 0.493 e. The van der Waals surface area contributed by atoms with Gasteiger partial charge in [0.1, 0.15) is 11.9 Å². The minimum atomic E-state index is -0.768. The summed E-state index contributed by atoms with van der Waals surface area (Å²) >= 11 is 0. The number of hydrogen-bond donors (Lipinski definition) is 2. The number of hydrogen-bond acceptors (Lipinski definition) is 4. The molecule has 0 unspecified atom stereocenters. The number of ether oxygens (including phenoxy) is 2. The lowest BCUT2D eigenvalue weighted by Gasteiger charge is -2.22. The number of carbonyl (C=O) groups is 2. The van der Waals surface area contributed by atoms with E-state index in [9.17, 15) is 14.0 Å². The number of carbonyl (C=O) groups excluding carboxylic acids is 2. The molecule has 7 heteroatoms. The van der Waals surface area contributed by atoms with Crippen LogP contribution in [0.1, 0.15) is 31.1 Å². The summed E-state index contributed by atoms with van der Waals surface area (Å²) in [5.74, 6) is -0.327. The van der Waals surface area contributed by atoms with Crippen LogP contribution in [-0.2, 0) is 4.79 Å². The van der Waals surface area contributed by atoms with Crippen molar-refractivity contribution in [3.05, 3.63) is 53.8 Å². The zero-order valence-electron chi connectivity index (χ0n) is 16.4. The average molecular weight is 388 g/mol. The molecule has 6 nitrogen and oxygen atoms in total. The Morgan fingerprint density at radius 3 is 2.32 bits per heavy atom. The van der Waals surface area contributed by atoms with Crippen molar-refractivity contribution in [1.82, 2.24) is 5.32 Å². The van der Waals surface area contributed by atoms with E-state index >= 15 is 0 Å². The molecule has 0 spiro atoms. The summed E-state index contributed by atoms with van der Waals surface area (Å²) in [5, 5.41) is 5.49. The third-order valence-electron chi connectivity index (χ3n) is 4.07. The quantitative estimate of drug-likeness (QED) is 0.724. The van der Waals surface area contributed by atoms with Gasteiger partial charge in [-0.3, -0.25) is 9.59 Å². The molecule has 0 aliphatic carbocycles. The van der Waals surface area contributed by atoms with Crippen molar-refractivity contribution in [3.8, 4) is 11.5 Å². The van der Waals surface area contributed by atoms with Gasteiger partial charge >= 0.3 is 0 Å². The molecule has 2 N–H and O–H groups in total. The van der Waals surface area contributed by atoms with E-state index in [2.05, 4.69) is 10.6 Å². The van der Waals surface area contributed by atoms with Gasteiger partial charge < -0.3 is 20.1 Å². The second-order valence-corrected chi connectivity index (χ2v) is 6.49. The molecule has 0 radical (unpaired) electrons. The highest BCUT2D eigenvalue weighted by Crippen LogP contribution is 2.30. The molecule has 0 bridgehead atoms. The maximum absolute atomic E-state index is 13.0. The third-order valence-corrected chi connectivity index (χ3v) is 4.07. The van der Waals surface area contributed by atoms with E-state index in [1.165, 1.54) is 31.4 Å². The van der Waals surface area contributed by atoms with Gasteiger partial charge in [-0.15, -0.1) is 0 Å². The Kier molecular flexibility index (Phi) is 7.37. The Balaban J connectivity index is 2.12. The van der Waals surface area contributed by atoms with Gasteiger partial charge in [-0.05, 0) is 49.2 Å². The molecule has 0 fully saturated rings. The zero-order valence-corrected chi connectivity index (χ0v) is 16.4. The van der Waals surface area contributed by atoms with E-state index in [-0.39, 0.29) is 17.4 Å². The van der Waals surface area contributed by atoms with E-state index < -0.39 is 17.8 Å². The predicted octanol–water partition coefficient (Wildman–Crippen LogP) is 3.63. The van der Waals surface area contributed by atoms with Crippen molar-refractivity contribution in [3.63, 3.8) is 0 Å². The number of nitrogens with one attached hydrogen (secondary N) is 2. The van der Waals surface area contributed by atoms with E-state index in [0.717, 1.165) is 0 Å². The third kappa shape index (κ3) is 5.45. The molecule has 28 heavy (non-hydrogen) atoms. The van der Waals surface area contributed by atoms with Gasteiger partial charge in [-0.25, -0.2) is 4.39 Å². The van der Waals surface area contributed by atoms with Crippen LogP contribution in [0.3, 0.4) is 0 Å². The van der Waals surface area contributed by atoms with Crippen LogP contribution in [0.25, 0.3) is 0 Å². The van der Waals surface area contributed by atoms with Crippen LogP contribution in [0, 0.1) is 11.7 Å². The maximum Gasteiger partial charge on any atom is 0.251 e. The molecular formula is C21H25FN2O4. The first kappa shape index (κ1) is 21.2. The van der Waals surface area contributed by atoms with Crippen molar-refractivity contribution in [2.24, 2.45) is 5.92 Å². The molecule has 0 aliphatic heterocycles. The van der Waals surface area contributed by atoms with Crippen molar-refractivity contribution >= 4 is 17.5 Å². The van der Waals surface area contributed by atoms with Gasteiger partial charge in [0.25, 0.3) is 5.91 Å². The summed E-state index contributed by atoms with van der Waals surface area (Å²) in [5.41, 5.74) is 0.801. The van der Waals surface area contributed by atoms with Crippen molar-refractivity contribution in [1.29, 1.82) is 0 Å². The van der Waals surface area contributed by atoms with Crippen LogP contribution in [0.5, 0.6) is 11.5 Å². The molecule has 2 aromatic carbocycles. The van der Waals surface area contributed by atoms with E-state index in [4.69, 9.17) is 9.47 Å². The van der Waals surface area contributed by atoms with E-state index in [0.29, 0.717) is 23.8 Å². The Hall–Kier alpha value is -3.09. The summed E-state index contributed by atoms with van der Waals surface area (Å²) in [4.78, 5) is 25.1. The van der Waals surface area contributed by atoms with Gasteiger partial charge in [0.05, 0.1) is 13.7 Å². The lowest BCUT2D eigenvalue weighted by molar-refractivity contribution is -0.118. The topological polar surface area (TPSA) is 76.7 Å². The molecule has 1 atom stereocenters. The number of halogens is 1. The fraction of sp³-hybridized carbons (Fsp3) is 0.333. The standard InChI is InChI=1S/C21H25FN2O4/c1-5-28-17-11-10-16(12-18(17)27-4)23-21(26)19(13(2)3)24-20(25)14-6-8-15(22)9-7-14/h6-13,19H,5H2,1-4H3,(H,23,26)(H,24,25)/t19-/m0/s1. The number of methoxy groups -OCH3 is 1. The summed E-state index contributed by atoms with van der Waals surface area (Å²) in [6.45, 7) is 6.01. The van der Waals surface area contributed by atoms with Crippen LogP contribution < -0.4 is 20.1 Å². The minimum absolute atomic E-state index is 0.158. The molecule has 0 saturated carbocycles. The van der Waals surface area contributed by atoms with Crippen LogP contribution >= 0.6 is 0 Å². The molecule has 0 heterocycles. The van der Waals surface area contributed by atoms with Crippen molar-refractivity contribution < 1.29 is 23.5 Å². The fourth-order valence-corrected chi connectivity index (χ4v) is 2.60. The van der Waals surface area contributed by atoms with E-state index in [1.54, 1.807) is 18.2 Å². The van der Waals surface area contributed by atoms with Crippen LogP contribution in [-0.4, -0.2) is 31.6 Å². The van der Waals surface area contributed by atoms with Crippen molar-refractivity contribution in [2.75, 3.05) is 19.0 Å². The Bertz CT molecular complexity index is 822. The molecular weight excluding hydrogens is 363 g/mol. The van der Waals surface area contributed by atoms with Crippen LogP contribution in [0.2, 0.25) is 0 Å². The van der Waals surface area contributed by atoms with Gasteiger partial charge in [0, 0.05) is 17.3 Å². The highest BCUT2D eigenvalue weighted by molar-refractivity contribution is 6.01. The summed E-state index contributed by atoms with van der Waals surface area (Å²) in [7, 11) is 1.52. The number of rotatable bonds is 8. The van der Waals surface area contributed by atoms with Crippen LogP contribution in [0.4, 0.5) is 10.1 Å². The number of anilines is 1. The molecule has 2 aromatic rings. The van der Waals surface area contributed by atoms with Crippen molar-refractivity contribution in [2.45, 2.75) is 26.8 Å². The highest BCUT2D eigenvalue weighted by atomic mass is 19.1. The molecule has 0 saturated heterocycles. The lowest BCUT2D eigenvalue weighted by atomic mass is 10.0. The minimum Gasteiger partial charge on any atom is -0.493 e. The van der Waals surface area contributed by atoms with Gasteiger partial charge in [0.2, 0.25) is 5.91 Å². The SMILES string of the molecule is CCOc1ccc(NC(=O)[C@@H](NC(=O)c2ccc(F)cc2)C(C)C)cc1OC. The highest BCUT2D eigenvalue weighted by Gasteiger charge is 2.25. The molecule has 2 amide bonds. The Morgan fingerprint density at radius 1 is 1.07 bits per heavy atom. The van der Waals surface area contributed by atoms with Gasteiger partial charge in [0.15, 0.2) is 11.5 Å². The fourth-order valence-electron chi connectivity index (χ4n) is 2.60. The Morgan fingerprint density at radius 2 is 1.75 bits per heavy atom. The average Bonchev–Trinajstić information content (AvgIpc) is 2.67. The summed E-state index contributed by atoms with van der Waals surface area (Å²) in [6, 6.07) is 9.44. The molecule has 0 aliphatic rings. The first-order valence-electron chi connectivity index (χ1n) is 9.03. The van der Waals surface area contributed by atoms with E-state index in [1.807, 2.05) is 20.8 Å². The molecule has 0 aromatic heterocycles. The zero-order chi connectivity index (χ0) is 20.7. The predicted molar refractivity (Wildman–Crippen MR) is 105 cm³/mol. The first-order valence-corrected chi connectivity index (χ1v) is 9.03. The Labute approximate surface area is 164 Å². The second kappa shape index (κ2) is 9.73. The summed E-state index contributed by atoms with van der Waals surface area (Å²) < 4.78 is 23.8. The van der Waals surface area contributed by atoms with Gasteiger partial charge in [-0.2, -0.15) is 0 Å². The molecule has 150 valence electrons. The smallest absolute Gasteiger partial charge is 0.251 e. The second-order valence-electron chi connectivity index (χ2n) is 6.49. The lowest BCUT2D eigenvalue weighted by Crippen LogP contribution is -2.47. The molecule has 2 rings (SSSR count). The maximum atomic E-state index is 13.0.